The third-order valence-corrected chi connectivity index (χ3v) is 3.36. The van der Waals surface area contributed by atoms with Gasteiger partial charge in [0.1, 0.15) is 5.82 Å². The van der Waals surface area contributed by atoms with Crippen LogP contribution < -0.4 is 5.32 Å². The minimum atomic E-state index is 0.328. The van der Waals surface area contributed by atoms with E-state index < -0.39 is 0 Å². The van der Waals surface area contributed by atoms with Gasteiger partial charge in [0.15, 0.2) is 0 Å². The van der Waals surface area contributed by atoms with E-state index in [1.54, 1.807) is 12.4 Å². The summed E-state index contributed by atoms with van der Waals surface area (Å²) in [6.45, 7) is 2.01. The van der Waals surface area contributed by atoms with Gasteiger partial charge in [0.05, 0.1) is 6.54 Å². The van der Waals surface area contributed by atoms with Crippen molar-refractivity contribution in [2.24, 2.45) is 11.8 Å². The maximum absolute atomic E-state index is 9.20. The Bertz CT molecular complexity index is 304. The van der Waals surface area contributed by atoms with Crippen LogP contribution in [0, 0.1) is 11.8 Å². The van der Waals surface area contributed by atoms with Crippen LogP contribution in [-0.4, -0.2) is 28.2 Å². The number of hydrogen-bond acceptors (Lipinski definition) is 4. The van der Waals surface area contributed by atoms with Crippen LogP contribution in [0.3, 0.4) is 0 Å². The van der Waals surface area contributed by atoms with E-state index in [0.717, 1.165) is 18.9 Å². The fourth-order valence-corrected chi connectivity index (χ4v) is 2.41. The van der Waals surface area contributed by atoms with Gasteiger partial charge in [-0.2, -0.15) is 0 Å². The lowest BCUT2D eigenvalue weighted by Gasteiger charge is -2.17. The van der Waals surface area contributed by atoms with Crippen molar-refractivity contribution in [1.29, 1.82) is 0 Å². The number of nitrogens with one attached hydrogen (secondary N) is 1. The first kappa shape index (κ1) is 11.5. The normalized spacial score (nSPS) is 24.8. The molecule has 2 atom stereocenters. The summed E-state index contributed by atoms with van der Waals surface area (Å²) in [5.74, 6) is 1.94. The molecule has 1 aromatic heterocycles. The highest BCUT2D eigenvalue weighted by atomic mass is 16.3. The van der Waals surface area contributed by atoms with Gasteiger partial charge in [-0.1, -0.05) is 6.42 Å². The number of hydrogen-bond donors (Lipinski definition) is 2. The van der Waals surface area contributed by atoms with Crippen LogP contribution in [0.25, 0.3) is 0 Å². The molecule has 0 saturated heterocycles. The summed E-state index contributed by atoms with van der Waals surface area (Å²) in [6, 6.07) is 1.82. The summed E-state index contributed by atoms with van der Waals surface area (Å²) in [6.07, 6.45) is 7.17. The maximum atomic E-state index is 9.20. The molecule has 2 N–H and O–H groups in total. The maximum Gasteiger partial charge on any atom is 0.141 e. The molecule has 88 valence electrons. The Labute approximate surface area is 96.1 Å². The SMILES string of the molecule is OCC1CCCC1CNCc1ncccn1. The molecule has 1 aliphatic carbocycles. The molecule has 1 saturated carbocycles. The van der Waals surface area contributed by atoms with E-state index in [4.69, 9.17) is 0 Å². The molecule has 16 heavy (non-hydrogen) atoms. The van der Waals surface area contributed by atoms with Crippen molar-refractivity contribution in [2.75, 3.05) is 13.2 Å². The largest absolute Gasteiger partial charge is 0.396 e. The first-order valence-electron chi connectivity index (χ1n) is 5.97. The lowest BCUT2D eigenvalue weighted by Crippen LogP contribution is -2.27. The van der Waals surface area contributed by atoms with Crippen molar-refractivity contribution in [3.05, 3.63) is 24.3 Å². The molecule has 0 bridgehead atoms. The molecule has 1 fully saturated rings. The minimum absolute atomic E-state index is 0.328. The highest BCUT2D eigenvalue weighted by Crippen LogP contribution is 2.30. The third kappa shape index (κ3) is 3.00. The van der Waals surface area contributed by atoms with E-state index in [-0.39, 0.29) is 0 Å². The molecular weight excluding hydrogens is 202 g/mol. The van der Waals surface area contributed by atoms with Crippen LogP contribution in [-0.2, 0) is 6.54 Å². The lowest BCUT2D eigenvalue weighted by atomic mass is 9.97. The molecular formula is C12H19N3O. The number of aliphatic hydroxyl groups is 1. The monoisotopic (exact) mass is 221 g/mol. The predicted octanol–water partition coefficient (Wildman–Crippen LogP) is 0.975. The van der Waals surface area contributed by atoms with E-state index in [0.29, 0.717) is 18.4 Å². The first-order valence-corrected chi connectivity index (χ1v) is 5.97. The lowest BCUT2D eigenvalue weighted by molar-refractivity contribution is 0.192. The highest BCUT2D eigenvalue weighted by Gasteiger charge is 2.25. The number of nitrogens with zero attached hydrogens (tertiary/aromatic N) is 2. The highest BCUT2D eigenvalue weighted by molar-refractivity contribution is 4.88. The Morgan fingerprint density at radius 1 is 1.25 bits per heavy atom. The average Bonchev–Trinajstić information content (AvgIpc) is 2.78. The third-order valence-electron chi connectivity index (χ3n) is 3.36. The first-order chi connectivity index (χ1) is 7.90. The Balaban J connectivity index is 1.72. The van der Waals surface area contributed by atoms with Crippen molar-refractivity contribution >= 4 is 0 Å². The number of aromatic nitrogens is 2. The summed E-state index contributed by atoms with van der Waals surface area (Å²) < 4.78 is 0. The second-order valence-corrected chi connectivity index (χ2v) is 4.43. The fourth-order valence-electron chi connectivity index (χ4n) is 2.41. The molecule has 1 heterocycles. The van der Waals surface area contributed by atoms with Gasteiger partial charge >= 0.3 is 0 Å². The number of rotatable bonds is 5. The second-order valence-electron chi connectivity index (χ2n) is 4.43. The van der Waals surface area contributed by atoms with Gasteiger partial charge in [-0.3, -0.25) is 0 Å². The smallest absolute Gasteiger partial charge is 0.141 e. The van der Waals surface area contributed by atoms with Crippen molar-refractivity contribution in [3.8, 4) is 0 Å². The van der Waals surface area contributed by atoms with Crippen molar-refractivity contribution in [3.63, 3.8) is 0 Å². The zero-order valence-electron chi connectivity index (χ0n) is 9.47. The van der Waals surface area contributed by atoms with Crippen LogP contribution in [0.2, 0.25) is 0 Å². The van der Waals surface area contributed by atoms with Crippen LogP contribution >= 0.6 is 0 Å². The number of aliphatic hydroxyl groups excluding tert-OH is 1. The zero-order chi connectivity index (χ0) is 11.2. The summed E-state index contributed by atoms with van der Waals surface area (Å²) in [4.78, 5) is 8.32. The van der Waals surface area contributed by atoms with Crippen LogP contribution in [0.4, 0.5) is 0 Å². The summed E-state index contributed by atoms with van der Waals surface area (Å²) in [5.41, 5.74) is 0. The molecule has 1 aromatic rings. The zero-order valence-corrected chi connectivity index (χ0v) is 9.47. The van der Waals surface area contributed by atoms with E-state index in [2.05, 4.69) is 15.3 Å². The Morgan fingerprint density at radius 3 is 2.75 bits per heavy atom. The van der Waals surface area contributed by atoms with Gasteiger partial charge in [-0.15, -0.1) is 0 Å². The summed E-state index contributed by atoms with van der Waals surface area (Å²) in [7, 11) is 0. The quantitative estimate of drug-likeness (QED) is 0.778. The molecule has 0 spiro atoms. The van der Waals surface area contributed by atoms with E-state index in [9.17, 15) is 5.11 Å². The van der Waals surface area contributed by atoms with E-state index in [1.165, 1.54) is 19.3 Å². The molecule has 0 radical (unpaired) electrons. The van der Waals surface area contributed by atoms with Crippen molar-refractivity contribution in [2.45, 2.75) is 25.8 Å². The topological polar surface area (TPSA) is 58.0 Å². The summed E-state index contributed by atoms with van der Waals surface area (Å²) >= 11 is 0. The van der Waals surface area contributed by atoms with Gasteiger partial charge in [0.25, 0.3) is 0 Å². The van der Waals surface area contributed by atoms with Gasteiger partial charge in [-0.05, 0) is 37.3 Å². The summed E-state index contributed by atoms with van der Waals surface area (Å²) in [5, 5.41) is 12.6. The van der Waals surface area contributed by atoms with Gasteiger partial charge in [0.2, 0.25) is 0 Å². The van der Waals surface area contributed by atoms with Gasteiger partial charge < -0.3 is 10.4 Å². The predicted molar refractivity (Wildman–Crippen MR) is 61.7 cm³/mol. The van der Waals surface area contributed by atoms with E-state index in [1.807, 2.05) is 6.07 Å². The Kier molecular flexibility index (Phi) is 4.25. The van der Waals surface area contributed by atoms with Crippen molar-refractivity contribution in [1.82, 2.24) is 15.3 Å². The molecule has 4 heteroatoms. The molecule has 0 aromatic carbocycles. The second kappa shape index (κ2) is 5.92. The standard InChI is InChI=1S/C12H19N3O/c16-9-11-4-1-3-10(11)7-13-8-12-14-5-2-6-15-12/h2,5-6,10-11,13,16H,1,3-4,7-9H2. The molecule has 0 aliphatic heterocycles. The molecule has 0 amide bonds. The van der Waals surface area contributed by atoms with Gasteiger partial charge in [-0.25, -0.2) is 9.97 Å². The van der Waals surface area contributed by atoms with E-state index >= 15 is 0 Å². The van der Waals surface area contributed by atoms with Crippen LogP contribution in [0.1, 0.15) is 25.1 Å². The molecule has 1 aliphatic rings. The van der Waals surface area contributed by atoms with Crippen LogP contribution in [0.5, 0.6) is 0 Å². The molecule has 2 rings (SSSR count). The Morgan fingerprint density at radius 2 is 2.00 bits per heavy atom. The average molecular weight is 221 g/mol. The van der Waals surface area contributed by atoms with Gasteiger partial charge in [0, 0.05) is 19.0 Å². The molecule has 2 unspecified atom stereocenters. The minimum Gasteiger partial charge on any atom is -0.396 e. The fraction of sp³-hybridized carbons (Fsp3) is 0.667. The van der Waals surface area contributed by atoms with Crippen LogP contribution in [0.15, 0.2) is 18.5 Å². The van der Waals surface area contributed by atoms with Crippen molar-refractivity contribution < 1.29 is 5.11 Å². The Hall–Kier alpha value is -1.00. The molecule has 4 nitrogen and oxygen atoms in total.